The van der Waals surface area contributed by atoms with Gasteiger partial charge in [-0.1, -0.05) is 0 Å². The van der Waals surface area contributed by atoms with Gasteiger partial charge in [0.15, 0.2) is 11.5 Å². The van der Waals surface area contributed by atoms with Crippen LogP contribution in [0.3, 0.4) is 0 Å². The minimum absolute atomic E-state index is 0.739. The molecule has 1 aromatic rings. The van der Waals surface area contributed by atoms with Crippen LogP contribution in [0, 0.1) is 6.92 Å². The molecule has 0 aliphatic heterocycles. The number of rotatable bonds is 2. The van der Waals surface area contributed by atoms with Gasteiger partial charge in [-0.25, -0.2) is 9.97 Å². The average Bonchev–Trinajstić information content (AvgIpc) is 2.31. The van der Waals surface area contributed by atoms with Crippen molar-refractivity contribution >= 4 is 0 Å². The number of allylic oxidation sites excluding steroid dienone is 2. The topological polar surface area (TPSA) is 44.2 Å². The van der Waals surface area contributed by atoms with Crippen LogP contribution in [0.2, 0.25) is 0 Å². The Hall–Kier alpha value is -1.84. The van der Waals surface area contributed by atoms with Gasteiger partial charge in [-0.05, 0) is 31.1 Å². The van der Waals surface area contributed by atoms with Crippen LogP contribution in [0.25, 0.3) is 0 Å². The van der Waals surface area contributed by atoms with Gasteiger partial charge < -0.3 is 9.47 Å². The number of nitrogens with zero attached hydrogens (tertiary/aromatic N) is 2. The first-order chi connectivity index (χ1) is 8.26. The zero-order chi connectivity index (χ0) is 12.3. The van der Waals surface area contributed by atoms with Crippen LogP contribution in [0.5, 0.6) is 0 Å². The fourth-order valence-corrected chi connectivity index (χ4v) is 1.94. The molecular weight excluding hydrogens is 216 g/mol. The first-order valence-electron chi connectivity index (χ1n) is 5.54. The van der Waals surface area contributed by atoms with Gasteiger partial charge in [-0.2, -0.15) is 0 Å². The highest BCUT2D eigenvalue weighted by Crippen LogP contribution is 2.20. The smallest absolute Gasteiger partial charge is 0.156 e. The molecule has 1 heterocycles. The molecule has 0 unspecified atom stereocenters. The van der Waals surface area contributed by atoms with Gasteiger partial charge in [-0.3, -0.25) is 0 Å². The number of methoxy groups -OCH3 is 2. The Morgan fingerprint density at radius 3 is 2.29 bits per heavy atom. The second-order valence-corrected chi connectivity index (χ2v) is 3.84. The van der Waals surface area contributed by atoms with E-state index in [0.717, 1.165) is 35.7 Å². The fraction of sp³-hybridized carbons (Fsp3) is 0.385. The number of aryl methyl sites for hydroxylation is 1. The van der Waals surface area contributed by atoms with E-state index < -0.39 is 0 Å². The van der Waals surface area contributed by atoms with Crippen molar-refractivity contribution < 1.29 is 9.47 Å². The van der Waals surface area contributed by atoms with Crippen molar-refractivity contribution in [3.8, 4) is 0 Å². The Morgan fingerprint density at radius 2 is 1.65 bits per heavy atom. The molecule has 0 fully saturated rings. The molecule has 0 aromatic carbocycles. The normalized spacial score (nSPS) is 15.0. The number of fused-ring (bicyclic) bond motifs is 1. The van der Waals surface area contributed by atoms with E-state index >= 15 is 0 Å². The average molecular weight is 232 g/mol. The van der Waals surface area contributed by atoms with Crippen molar-refractivity contribution in [3.05, 3.63) is 46.9 Å². The maximum absolute atomic E-state index is 5.31. The highest BCUT2D eigenvalue weighted by atomic mass is 16.5. The molecule has 0 amide bonds. The fourth-order valence-electron chi connectivity index (χ4n) is 1.94. The second-order valence-electron chi connectivity index (χ2n) is 3.84. The molecule has 1 aromatic heterocycles. The molecule has 0 saturated carbocycles. The van der Waals surface area contributed by atoms with Crippen molar-refractivity contribution in [2.24, 2.45) is 0 Å². The molecule has 1 aliphatic rings. The molecule has 0 N–H and O–H groups in total. The summed E-state index contributed by atoms with van der Waals surface area (Å²) >= 11 is 0. The molecule has 1 aliphatic carbocycles. The quantitative estimate of drug-likeness (QED) is 0.781. The summed E-state index contributed by atoms with van der Waals surface area (Å²) in [6.07, 6.45) is 7.11. The standard InChI is InChI=1S/C13H16N2O2/c1-9-10-4-6-12(16-2)13(17-3)7-5-11(10)15-8-14-9/h6-8H,4-5H2,1-3H3. The van der Waals surface area contributed by atoms with Crippen LogP contribution >= 0.6 is 0 Å². The van der Waals surface area contributed by atoms with Gasteiger partial charge >= 0.3 is 0 Å². The maximum Gasteiger partial charge on any atom is 0.156 e. The Labute approximate surface area is 101 Å². The van der Waals surface area contributed by atoms with Gasteiger partial charge in [-0.15, -0.1) is 0 Å². The predicted molar refractivity (Wildman–Crippen MR) is 64.4 cm³/mol. The minimum atomic E-state index is 0.739. The molecule has 2 rings (SSSR count). The molecule has 0 spiro atoms. The summed E-state index contributed by atoms with van der Waals surface area (Å²) in [6.45, 7) is 2.00. The molecule has 0 saturated heterocycles. The summed E-state index contributed by atoms with van der Waals surface area (Å²) in [5.41, 5.74) is 3.25. The monoisotopic (exact) mass is 232 g/mol. The number of hydrogen-bond acceptors (Lipinski definition) is 4. The summed E-state index contributed by atoms with van der Waals surface area (Å²) in [4.78, 5) is 8.54. The Kier molecular flexibility index (Phi) is 3.42. The van der Waals surface area contributed by atoms with Crippen molar-refractivity contribution in [2.45, 2.75) is 19.8 Å². The molecule has 0 atom stereocenters. The lowest BCUT2D eigenvalue weighted by Gasteiger charge is -2.15. The number of ether oxygens (including phenoxy) is 2. The van der Waals surface area contributed by atoms with Crippen molar-refractivity contribution in [3.63, 3.8) is 0 Å². The third kappa shape index (κ3) is 2.30. The summed E-state index contributed by atoms with van der Waals surface area (Å²) in [5.74, 6) is 1.52. The van der Waals surface area contributed by atoms with Crippen LogP contribution in [0.4, 0.5) is 0 Å². The Balaban J connectivity index is 2.44. The number of aromatic nitrogens is 2. The van der Waals surface area contributed by atoms with Crippen LogP contribution in [0.1, 0.15) is 17.0 Å². The van der Waals surface area contributed by atoms with Gasteiger partial charge in [0.05, 0.1) is 19.9 Å². The van der Waals surface area contributed by atoms with Crippen LogP contribution in [-0.4, -0.2) is 24.2 Å². The van der Waals surface area contributed by atoms with Crippen LogP contribution in [0.15, 0.2) is 30.0 Å². The van der Waals surface area contributed by atoms with E-state index in [2.05, 4.69) is 9.97 Å². The van der Waals surface area contributed by atoms with Crippen molar-refractivity contribution in [2.75, 3.05) is 14.2 Å². The van der Waals surface area contributed by atoms with Crippen LogP contribution in [-0.2, 0) is 22.3 Å². The maximum atomic E-state index is 5.31. The first kappa shape index (κ1) is 11.6. The zero-order valence-electron chi connectivity index (χ0n) is 10.4. The van der Waals surface area contributed by atoms with Crippen molar-refractivity contribution in [1.82, 2.24) is 9.97 Å². The van der Waals surface area contributed by atoms with E-state index in [1.165, 1.54) is 5.56 Å². The summed E-state index contributed by atoms with van der Waals surface area (Å²) in [5, 5.41) is 0. The minimum Gasteiger partial charge on any atom is -0.493 e. The first-order valence-corrected chi connectivity index (χ1v) is 5.54. The van der Waals surface area contributed by atoms with E-state index in [9.17, 15) is 0 Å². The molecule has 90 valence electrons. The lowest BCUT2D eigenvalue weighted by molar-refractivity contribution is 0.218. The summed E-state index contributed by atoms with van der Waals surface area (Å²) < 4.78 is 10.6. The Morgan fingerprint density at radius 1 is 1.00 bits per heavy atom. The Bertz CT molecular complexity index is 478. The molecule has 0 bridgehead atoms. The molecule has 4 nitrogen and oxygen atoms in total. The van der Waals surface area contributed by atoms with Crippen LogP contribution < -0.4 is 0 Å². The van der Waals surface area contributed by atoms with Gasteiger partial charge in [0.25, 0.3) is 0 Å². The SMILES string of the molecule is COC1=CCc2ncnc(C)c2CC=C1OC. The lowest BCUT2D eigenvalue weighted by Crippen LogP contribution is -2.06. The van der Waals surface area contributed by atoms with Gasteiger partial charge in [0.1, 0.15) is 6.33 Å². The predicted octanol–water partition coefficient (Wildman–Crippen LogP) is 1.94. The molecule has 0 radical (unpaired) electrons. The highest BCUT2D eigenvalue weighted by Gasteiger charge is 2.13. The second kappa shape index (κ2) is 4.99. The molecular formula is C13H16N2O2. The van der Waals surface area contributed by atoms with E-state index in [1.807, 2.05) is 19.1 Å². The van der Waals surface area contributed by atoms with E-state index in [-0.39, 0.29) is 0 Å². The highest BCUT2D eigenvalue weighted by molar-refractivity contribution is 5.34. The third-order valence-electron chi connectivity index (χ3n) is 2.91. The van der Waals surface area contributed by atoms with Crippen molar-refractivity contribution in [1.29, 1.82) is 0 Å². The summed E-state index contributed by atoms with van der Waals surface area (Å²) in [7, 11) is 3.29. The third-order valence-corrected chi connectivity index (χ3v) is 2.91. The summed E-state index contributed by atoms with van der Waals surface area (Å²) in [6, 6.07) is 0. The molecule has 17 heavy (non-hydrogen) atoms. The van der Waals surface area contributed by atoms with E-state index in [0.29, 0.717) is 0 Å². The van der Waals surface area contributed by atoms with E-state index in [1.54, 1.807) is 20.5 Å². The van der Waals surface area contributed by atoms with Gasteiger partial charge in [0.2, 0.25) is 0 Å². The molecule has 4 heteroatoms. The van der Waals surface area contributed by atoms with E-state index in [4.69, 9.17) is 9.47 Å². The van der Waals surface area contributed by atoms with Gasteiger partial charge in [0, 0.05) is 12.1 Å². The lowest BCUT2D eigenvalue weighted by atomic mass is 10.0. The largest absolute Gasteiger partial charge is 0.493 e. The number of hydrogen-bond donors (Lipinski definition) is 0. The zero-order valence-corrected chi connectivity index (χ0v) is 10.4.